The van der Waals surface area contributed by atoms with Gasteiger partial charge in [0.2, 0.25) is 5.91 Å². The number of likely N-dealkylation sites (tertiary alicyclic amines) is 1. The lowest BCUT2D eigenvalue weighted by Crippen LogP contribution is -2.47. The van der Waals surface area contributed by atoms with Crippen LogP contribution in [0.2, 0.25) is 0 Å². The minimum atomic E-state index is -1.01. The van der Waals surface area contributed by atoms with E-state index in [1.54, 1.807) is 23.2 Å². The molecule has 1 atom stereocenters. The molecule has 0 aliphatic carbocycles. The first-order chi connectivity index (χ1) is 12.3. The summed E-state index contributed by atoms with van der Waals surface area (Å²) >= 11 is 0. The van der Waals surface area contributed by atoms with E-state index < -0.39 is 5.60 Å². The summed E-state index contributed by atoms with van der Waals surface area (Å²) in [6.07, 6.45) is 4.45. The number of carbonyl (C=O) groups is 1. The lowest BCUT2D eigenvalue weighted by Gasteiger charge is -2.39. The maximum absolute atomic E-state index is 13.1. The van der Waals surface area contributed by atoms with Crippen LogP contribution in [0.1, 0.15) is 57.0 Å². The molecular formula is C20H26FN3O2. The zero-order valence-electron chi connectivity index (χ0n) is 15.5. The molecule has 0 unspecified atom stereocenters. The third-order valence-corrected chi connectivity index (χ3v) is 5.27. The van der Waals surface area contributed by atoms with E-state index in [0.29, 0.717) is 31.5 Å². The van der Waals surface area contributed by atoms with Crippen molar-refractivity contribution in [2.75, 3.05) is 13.1 Å². The summed E-state index contributed by atoms with van der Waals surface area (Å²) in [5, 5.41) is 10.9. The van der Waals surface area contributed by atoms with Gasteiger partial charge >= 0.3 is 0 Å². The van der Waals surface area contributed by atoms with Crippen molar-refractivity contribution in [2.45, 2.75) is 51.2 Å². The van der Waals surface area contributed by atoms with Crippen LogP contribution in [-0.4, -0.2) is 38.6 Å². The van der Waals surface area contributed by atoms with Crippen LogP contribution in [0.25, 0.3) is 0 Å². The maximum atomic E-state index is 13.1. The van der Waals surface area contributed by atoms with Gasteiger partial charge in [0, 0.05) is 31.4 Å². The average molecular weight is 359 g/mol. The number of carbonyl (C=O) groups excluding carboxylic acids is 1. The van der Waals surface area contributed by atoms with Crippen LogP contribution in [-0.2, 0) is 10.4 Å². The quantitative estimate of drug-likeness (QED) is 0.912. The second-order valence-electron chi connectivity index (χ2n) is 7.39. The zero-order chi connectivity index (χ0) is 18.9. The van der Waals surface area contributed by atoms with Gasteiger partial charge in [-0.15, -0.1) is 0 Å². The van der Waals surface area contributed by atoms with Crippen LogP contribution in [0.15, 0.2) is 36.7 Å². The van der Waals surface area contributed by atoms with Gasteiger partial charge in [0.25, 0.3) is 0 Å². The molecule has 1 N–H and O–H groups in total. The van der Waals surface area contributed by atoms with Crippen molar-refractivity contribution >= 4 is 5.91 Å². The summed E-state index contributed by atoms with van der Waals surface area (Å²) in [5.74, 6) is 0.849. The molecule has 0 saturated carbocycles. The van der Waals surface area contributed by atoms with E-state index in [1.165, 1.54) is 12.1 Å². The summed E-state index contributed by atoms with van der Waals surface area (Å²) in [6, 6.07) is 5.64. The average Bonchev–Trinajstić information content (AvgIpc) is 3.11. The van der Waals surface area contributed by atoms with Crippen molar-refractivity contribution in [1.29, 1.82) is 0 Å². The number of imidazole rings is 1. The van der Waals surface area contributed by atoms with Crippen LogP contribution >= 0.6 is 0 Å². The minimum absolute atomic E-state index is 0.0334. The SMILES string of the molecule is CC(C)c1nccn1[C@@H](C)C(=O)N1CCC(O)(c2ccc(F)cc2)CC1. The van der Waals surface area contributed by atoms with Crippen LogP contribution in [0.4, 0.5) is 4.39 Å². The van der Waals surface area contributed by atoms with Crippen LogP contribution in [0, 0.1) is 5.82 Å². The molecule has 0 spiro atoms. The molecule has 1 amide bonds. The molecule has 26 heavy (non-hydrogen) atoms. The molecule has 1 fully saturated rings. The predicted octanol–water partition coefficient (Wildman–Crippen LogP) is 3.22. The smallest absolute Gasteiger partial charge is 0.245 e. The van der Waals surface area contributed by atoms with E-state index in [4.69, 9.17) is 0 Å². The fourth-order valence-electron chi connectivity index (χ4n) is 3.63. The van der Waals surface area contributed by atoms with Crippen molar-refractivity contribution in [3.05, 3.63) is 53.9 Å². The Morgan fingerprint density at radius 3 is 2.38 bits per heavy atom. The Hall–Kier alpha value is -2.21. The third-order valence-electron chi connectivity index (χ3n) is 5.27. The number of rotatable bonds is 4. The van der Waals surface area contributed by atoms with Gasteiger partial charge in [-0.3, -0.25) is 4.79 Å². The van der Waals surface area contributed by atoms with Crippen molar-refractivity contribution in [1.82, 2.24) is 14.5 Å². The first kappa shape index (κ1) is 18.6. The molecule has 2 aromatic rings. The number of amides is 1. The standard InChI is InChI=1S/C20H26FN3O2/c1-14(2)18-22-10-13-24(18)15(3)19(25)23-11-8-20(26,9-12-23)16-4-6-17(21)7-5-16/h4-7,10,13-15,26H,8-9,11-12H2,1-3H3/t15-/m0/s1. The van der Waals surface area contributed by atoms with Gasteiger partial charge in [0.15, 0.2) is 0 Å². The Balaban J connectivity index is 1.68. The van der Waals surface area contributed by atoms with Gasteiger partial charge in [-0.2, -0.15) is 0 Å². The van der Waals surface area contributed by atoms with E-state index >= 15 is 0 Å². The van der Waals surface area contributed by atoms with E-state index in [1.807, 2.05) is 17.7 Å². The fourth-order valence-corrected chi connectivity index (χ4v) is 3.63. The fraction of sp³-hybridized carbons (Fsp3) is 0.500. The van der Waals surface area contributed by atoms with Gasteiger partial charge in [-0.05, 0) is 37.5 Å². The Morgan fingerprint density at radius 1 is 1.19 bits per heavy atom. The molecule has 1 aromatic heterocycles. The number of aliphatic hydroxyl groups is 1. The normalized spacial score (nSPS) is 18.2. The van der Waals surface area contributed by atoms with Crippen molar-refractivity contribution in [3.63, 3.8) is 0 Å². The Labute approximate surface area is 153 Å². The molecule has 5 nitrogen and oxygen atoms in total. The van der Waals surface area contributed by atoms with Crippen LogP contribution in [0.3, 0.4) is 0 Å². The van der Waals surface area contributed by atoms with E-state index in [9.17, 15) is 14.3 Å². The van der Waals surface area contributed by atoms with Crippen molar-refractivity contribution < 1.29 is 14.3 Å². The van der Waals surface area contributed by atoms with Crippen LogP contribution in [0.5, 0.6) is 0 Å². The number of hydrogen-bond acceptors (Lipinski definition) is 3. The molecule has 1 aromatic carbocycles. The Morgan fingerprint density at radius 2 is 1.81 bits per heavy atom. The van der Waals surface area contributed by atoms with Crippen molar-refractivity contribution in [2.24, 2.45) is 0 Å². The lowest BCUT2D eigenvalue weighted by molar-refractivity contribution is -0.139. The third kappa shape index (κ3) is 3.51. The summed E-state index contributed by atoms with van der Waals surface area (Å²) in [5.41, 5.74) is -0.304. The molecule has 1 saturated heterocycles. The van der Waals surface area contributed by atoms with Gasteiger partial charge < -0.3 is 14.6 Å². The summed E-state index contributed by atoms with van der Waals surface area (Å²) in [6.45, 7) is 6.95. The van der Waals surface area contributed by atoms with Crippen molar-refractivity contribution in [3.8, 4) is 0 Å². The molecular weight excluding hydrogens is 333 g/mol. The molecule has 3 rings (SSSR count). The molecule has 1 aliphatic rings. The molecule has 6 heteroatoms. The highest BCUT2D eigenvalue weighted by Gasteiger charge is 2.36. The highest BCUT2D eigenvalue weighted by atomic mass is 19.1. The lowest BCUT2D eigenvalue weighted by atomic mass is 9.84. The first-order valence-corrected chi connectivity index (χ1v) is 9.12. The number of hydrogen-bond donors (Lipinski definition) is 1. The van der Waals surface area contributed by atoms with E-state index in [2.05, 4.69) is 18.8 Å². The second-order valence-corrected chi connectivity index (χ2v) is 7.39. The van der Waals surface area contributed by atoms with Crippen LogP contribution < -0.4 is 0 Å². The number of halogens is 1. The molecule has 0 bridgehead atoms. The molecule has 0 radical (unpaired) electrons. The largest absolute Gasteiger partial charge is 0.385 e. The van der Waals surface area contributed by atoms with E-state index in [0.717, 1.165) is 5.82 Å². The number of aromatic nitrogens is 2. The Kier molecular flexibility index (Phi) is 5.14. The highest BCUT2D eigenvalue weighted by molar-refractivity contribution is 5.80. The van der Waals surface area contributed by atoms with Gasteiger partial charge in [0.05, 0.1) is 5.60 Å². The maximum Gasteiger partial charge on any atom is 0.245 e. The Bertz CT molecular complexity index is 762. The minimum Gasteiger partial charge on any atom is -0.385 e. The first-order valence-electron chi connectivity index (χ1n) is 9.12. The number of benzene rings is 1. The van der Waals surface area contributed by atoms with E-state index in [-0.39, 0.29) is 23.7 Å². The van der Waals surface area contributed by atoms with Gasteiger partial charge in [-0.25, -0.2) is 9.37 Å². The summed E-state index contributed by atoms with van der Waals surface area (Å²) in [7, 11) is 0. The molecule has 1 aliphatic heterocycles. The van der Waals surface area contributed by atoms with Gasteiger partial charge in [-0.1, -0.05) is 26.0 Å². The van der Waals surface area contributed by atoms with Gasteiger partial charge in [0.1, 0.15) is 17.7 Å². The topological polar surface area (TPSA) is 58.4 Å². The monoisotopic (exact) mass is 359 g/mol. The number of nitrogens with zero attached hydrogens (tertiary/aromatic N) is 3. The predicted molar refractivity (Wildman–Crippen MR) is 97.1 cm³/mol. The summed E-state index contributed by atoms with van der Waals surface area (Å²) < 4.78 is 15.0. The second kappa shape index (κ2) is 7.19. The molecule has 2 heterocycles. The molecule has 140 valence electrons. The summed E-state index contributed by atoms with van der Waals surface area (Å²) in [4.78, 5) is 19.1. The highest BCUT2D eigenvalue weighted by Crippen LogP contribution is 2.33. The zero-order valence-corrected chi connectivity index (χ0v) is 15.5. The number of piperidine rings is 1.